The standard InChI is InChI=1S/C18H24N4O6/c19-12(9-15(20)24)16(25)21-13(8-10-3-5-11(23)6-4-10)17(26)22-7-1-2-14(22)18(27)28/h3-6,12-14,23H,1-2,7-9,19H2,(H2,20,24)(H,21,25)(H,27,28)/t12-,13-,14+/m0/s1. The number of carbonyl (C=O) groups is 4. The highest BCUT2D eigenvalue weighted by Crippen LogP contribution is 2.20. The van der Waals surface area contributed by atoms with E-state index in [9.17, 15) is 29.4 Å². The maximum atomic E-state index is 13.0. The number of nitrogens with zero attached hydrogens (tertiary/aromatic N) is 1. The number of phenolic OH excluding ortho intramolecular Hbond substituents is 1. The highest BCUT2D eigenvalue weighted by molar-refractivity contribution is 5.93. The number of aliphatic carboxylic acids is 1. The van der Waals surface area contributed by atoms with Gasteiger partial charge in [-0.2, -0.15) is 0 Å². The summed E-state index contributed by atoms with van der Waals surface area (Å²) >= 11 is 0. The Morgan fingerprint density at radius 1 is 1.21 bits per heavy atom. The van der Waals surface area contributed by atoms with Gasteiger partial charge in [0.1, 0.15) is 17.8 Å². The van der Waals surface area contributed by atoms with Crippen molar-refractivity contribution >= 4 is 23.7 Å². The molecule has 1 heterocycles. The van der Waals surface area contributed by atoms with Gasteiger partial charge in [-0.15, -0.1) is 0 Å². The lowest BCUT2D eigenvalue weighted by Crippen LogP contribution is -2.55. The molecule has 2 rings (SSSR count). The molecule has 0 spiro atoms. The zero-order valence-electron chi connectivity index (χ0n) is 15.2. The number of primary amides is 1. The summed E-state index contributed by atoms with van der Waals surface area (Å²) in [5.74, 6) is -3.09. The third-order valence-electron chi connectivity index (χ3n) is 4.57. The monoisotopic (exact) mass is 392 g/mol. The minimum atomic E-state index is -1.22. The van der Waals surface area contributed by atoms with Crippen molar-refractivity contribution in [2.24, 2.45) is 11.5 Å². The smallest absolute Gasteiger partial charge is 0.326 e. The Bertz CT molecular complexity index is 751. The number of nitrogens with one attached hydrogen (secondary N) is 1. The average molecular weight is 392 g/mol. The predicted molar refractivity (Wildman–Crippen MR) is 97.9 cm³/mol. The average Bonchev–Trinajstić information content (AvgIpc) is 3.11. The lowest BCUT2D eigenvalue weighted by molar-refractivity contribution is -0.149. The van der Waals surface area contributed by atoms with Crippen LogP contribution in [0.4, 0.5) is 0 Å². The summed E-state index contributed by atoms with van der Waals surface area (Å²) in [6.07, 6.45) is 0.566. The fourth-order valence-corrected chi connectivity index (χ4v) is 3.14. The van der Waals surface area contributed by atoms with Crippen LogP contribution in [0, 0.1) is 0 Å². The molecular weight excluding hydrogens is 368 g/mol. The maximum absolute atomic E-state index is 13.0. The van der Waals surface area contributed by atoms with E-state index < -0.39 is 41.8 Å². The van der Waals surface area contributed by atoms with Gasteiger partial charge >= 0.3 is 5.97 Å². The third kappa shape index (κ3) is 5.43. The first-order valence-electron chi connectivity index (χ1n) is 8.84. The Morgan fingerprint density at radius 3 is 2.43 bits per heavy atom. The molecule has 0 unspecified atom stereocenters. The Labute approximate surface area is 161 Å². The number of nitrogens with two attached hydrogens (primary N) is 2. The molecule has 1 aromatic carbocycles. The zero-order chi connectivity index (χ0) is 20.8. The van der Waals surface area contributed by atoms with Gasteiger partial charge in [-0.1, -0.05) is 12.1 Å². The van der Waals surface area contributed by atoms with Gasteiger partial charge in [-0.3, -0.25) is 14.4 Å². The van der Waals surface area contributed by atoms with Crippen LogP contribution in [-0.4, -0.2) is 63.5 Å². The number of hydrogen-bond acceptors (Lipinski definition) is 6. The molecule has 10 nitrogen and oxygen atoms in total. The molecule has 0 radical (unpaired) electrons. The molecule has 3 atom stereocenters. The molecule has 28 heavy (non-hydrogen) atoms. The van der Waals surface area contributed by atoms with Crippen molar-refractivity contribution in [3.05, 3.63) is 29.8 Å². The minimum Gasteiger partial charge on any atom is -0.508 e. The van der Waals surface area contributed by atoms with Gasteiger partial charge in [-0.05, 0) is 30.5 Å². The second-order valence-corrected chi connectivity index (χ2v) is 6.74. The summed E-state index contributed by atoms with van der Waals surface area (Å²) in [7, 11) is 0. The largest absolute Gasteiger partial charge is 0.508 e. The first-order chi connectivity index (χ1) is 13.2. The van der Waals surface area contributed by atoms with Crippen LogP contribution in [0.15, 0.2) is 24.3 Å². The molecule has 0 aliphatic carbocycles. The number of rotatable bonds is 8. The van der Waals surface area contributed by atoms with E-state index in [2.05, 4.69) is 5.32 Å². The summed E-state index contributed by atoms with van der Waals surface area (Å²) in [6.45, 7) is 0.269. The summed E-state index contributed by atoms with van der Waals surface area (Å²) in [5, 5.41) is 21.2. The second kappa shape index (κ2) is 9.18. The zero-order valence-corrected chi connectivity index (χ0v) is 15.2. The quantitative estimate of drug-likeness (QED) is 0.365. The van der Waals surface area contributed by atoms with Crippen molar-refractivity contribution < 1.29 is 29.4 Å². The van der Waals surface area contributed by atoms with Crippen LogP contribution in [0.1, 0.15) is 24.8 Å². The van der Waals surface area contributed by atoms with E-state index in [1.807, 2.05) is 0 Å². The summed E-state index contributed by atoms with van der Waals surface area (Å²) in [6, 6.07) is 2.80. The van der Waals surface area contributed by atoms with Gasteiger partial charge in [0, 0.05) is 13.0 Å². The summed E-state index contributed by atoms with van der Waals surface area (Å²) in [5.41, 5.74) is 11.3. The second-order valence-electron chi connectivity index (χ2n) is 6.74. The molecule has 0 saturated carbocycles. The first-order valence-corrected chi connectivity index (χ1v) is 8.84. The van der Waals surface area contributed by atoms with Crippen LogP contribution in [0.2, 0.25) is 0 Å². The van der Waals surface area contributed by atoms with E-state index in [1.165, 1.54) is 17.0 Å². The number of phenols is 1. The topological polar surface area (TPSA) is 176 Å². The minimum absolute atomic E-state index is 0.0460. The van der Waals surface area contributed by atoms with Crippen molar-refractivity contribution in [1.29, 1.82) is 0 Å². The van der Waals surface area contributed by atoms with Crippen molar-refractivity contribution in [2.45, 2.75) is 43.8 Å². The lowest BCUT2D eigenvalue weighted by Gasteiger charge is -2.28. The molecule has 0 aromatic heterocycles. The van der Waals surface area contributed by atoms with Crippen molar-refractivity contribution in [1.82, 2.24) is 10.2 Å². The van der Waals surface area contributed by atoms with Crippen LogP contribution in [0.5, 0.6) is 5.75 Å². The molecule has 1 fully saturated rings. The van der Waals surface area contributed by atoms with Gasteiger partial charge in [0.2, 0.25) is 17.7 Å². The Morgan fingerprint density at radius 2 is 1.86 bits per heavy atom. The molecule has 3 amide bonds. The van der Waals surface area contributed by atoms with Crippen LogP contribution < -0.4 is 16.8 Å². The maximum Gasteiger partial charge on any atom is 0.326 e. The van der Waals surface area contributed by atoms with E-state index in [4.69, 9.17) is 11.5 Å². The van der Waals surface area contributed by atoms with Gasteiger partial charge in [0.15, 0.2) is 0 Å². The molecule has 1 saturated heterocycles. The van der Waals surface area contributed by atoms with E-state index in [1.54, 1.807) is 12.1 Å². The molecule has 152 valence electrons. The number of amides is 3. The molecule has 10 heteroatoms. The number of hydrogen-bond donors (Lipinski definition) is 5. The number of carboxylic acids is 1. The van der Waals surface area contributed by atoms with E-state index in [0.29, 0.717) is 18.4 Å². The highest BCUT2D eigenvalue weighted by atomic mass is 16.4. The predicted octanol–water partition coefficient (Wildman–Crippen LogP) is -1.30. The Balaban J connectivity index is 2.20. The molecule has 0 bridgehead atoms. The van der Waals surface area contributed by atoms with Gasteiger partial charge in [0.05, 0.1) is 12.5 Å². The molecule has 1 aliphatic rings. The molecule has 1 aromatic rings. The van der Waals surface area contributed by atoms with Crippen LogP contribution >= 0.6 is 0 Å². The highest BCUT2D eigenvalue weighted by Gasteiger charge is 2.38. The normalized spacial score (nSPS) is 18.3. The number of likely N-dealkylation sites (tertiary alicyclic amines) is 1. The number of benzene rings is 1. The SMILES string of the molecule is NC(=O)C[C@H](N)C(=O)N[C@@H](Cc1ccc(O)cc1)C(=O)N1CCC[C@@H]1C(=O)O. The Hall–Kier alpha value is -3.14. The summed E-state index contributed by atoms with van der Waals surface area (Å²) < 4.78 is 0. The fourth-order valence-electron chi connectivity index (χ4n) is 3.14. The van der Waals surface area contributed by atoms with Gasteiger partial charge < -0.3 is 31.9 Å². The van der Waals surface area contributed by atoms with Crippen molar-refractivity contribution in [2.75, 3.05) is 6.54 Å². The molecule has 7 N–H and O–H groups in total. The van der Waals surface area contributed by atoms with Crippen LogP contribution in [0.25, 0.3) is 0 Å². The third-order valence-corrected chi connectivity index (χ3v) is 4.57. The Kier molecular flexibility index (Phi) is 6.94. The van der Waals surface area contributed by atoms with Crippen LogP contribution in [0.3, 0.4) is 0 Å². The number of carbonyl (C=O) groups excluding carboxylic acids is 3. The van der Waals surface area contributed by atoms with Gasteiger partial charge in [0.25, 0.3) is 0 Å². The van der Waals surface area contributed by atoms with Crippen molar-refractivity contribution in [3.8, 4) is 5.75 Å². The fraction of sp³-hybridized carbons (Fsp3) is 0.444. The lowest BCUT2D eigenvalue weighted by atomic mass is 10.0. The van der Waals surface area contributed by atoms with Crippen molar-refractivity contribution in [3.63, 3.8) is 0 Å². The van der Waals surface area contributed by atoms with E-state index in [0.717, 1.165) is 0 Å². The number of aromatic hydroxyl groups is 1. The first kappa shape index (κ1) is 21.2. The number of carboxylic acid groups (broad SMARTS) is 1. The summed E-state index contributed by atoms with van der Waals surface area (Å²) in [4.78, 5) is 48.9. The van der Waals surface area contributed by atoms with E-state index in [-0.39, 0.29) is 25.1 Å². The van der Waals surface area contributed by atoms with Gasteiger partial charge in [-0.25, -0.2) is 4.79 Å². The van der Waals surface area contributed by atoms with E-state index >= 15 is 0 Å². The molecular formula is C18H24N4O6. The van der Waals surface area contributed by atoms with Crippen LogP contribution in [-0.2, 0) is 25.6 Å². The molecule has 1 aliphatic heterocycles.